The smallest absolute Gasteiger partial charge is 0.0610 e. The molecule has 0 unspecified atom stereocenters. The van der Waals surface area contributed by atoms with Crippen LogP contribution in [0.2, 0.25) is 0 Å². The van der Waals surface area contributed by atoms with Crippen LogP contribution in [0.15, 0.2) is 33.7 Å². The van der Waals surface area contributed by atoms with Crippen molar-refractivity contribution in [1.29, 1.82) is 0 Å². The van der Waals surface area contributed by atoms with Crippen molar-refractivity contribution >= 4 is 50.6 Å². The molecule has 0 aliphatic heterocycles. The molecule has 0 fully saturated rings. The zero-order valence-electron chi connectivity index (χ0n) is 14.4. The van der Waals surface area contributed by atoms with Crippen molar-refractivity contribution in [3.05, 3.63) is 39.3 Å². The van der Waals surface area contributed by atoms with Crippen molar-refractivity contribution < 1.29 is 0 Å². The third-order valence-electron chi connectivity index (χ3n) is 3.59. The first-order valence-electron chi connectivity index (χ1n) is 8.89. The van der Waals surface area contributed by atoms with E-state index in [9.17, 15) is 0 Å². The molecule has 132 valence electrons. The normalized spacial score (nSPS) is 9.91. The second kappa shape index (κ2) is 18.6. The molecule has 1 rings (SSSR count). The summed E-state index contributed by atoms with van der Waals surface area (Å²) in [6.07, 6.45) is 16.2. The number of hydrogen-bond acceptors (Lipinski definition) is 1. The highest BCUT2D eigenvalue weighted by atomic mass is 79.9. The van der Waals surface area contributed by atoms with Gasteiger partial charge in [-0.05, 0) is 55.7 Å². The molecule has 23 heavy (non-hydrogen) atoms. The van der Waals surface area contributed by atoms with Crippen LogP contribution in [0.25, 0.3) is 6.08 Å². The van der Waals surface area contributed by atoms with Crippen molar-refractivity contribution in [3.8, 4) is 0 Å². The van der Waals surface area contributed by atoms with Gasteiger partial charge in [-0.3, -0.25) is 0 Å². The molecule has 0 spiro atoms. The fraction of sp³-hybridized carbons (Fsp3) is 0.600. The minimum Gasteiger partial charge on any atom is -0.179 e. The number of rotatable bonds is 11. The summed E-state index contributed by atoms with van der Waals surface area (Å²) >= 11 is 10.8. The lowest BCUT2D eigenvalue weighted by Crippen LogP contribution is -1.81. The predicted molar refractivity (Wildman–Crippen MR) is 118 cm³/mol. The summed E-state index contributed by atoms with van der Waals surface area (Å²) in [7, 11) is 0. The van der Waals surface area contributed by atoms with E-state index in [1.165, 1.54) is 69.8 Å². The van der Waals surface area contributed by atoms with Crippen LogP contribution in [0.4, 0.5) is 0 Å². The van der Waals surface area contributed by atoms with Gasteiger partial charge >= 0.3 is 0 Å². The molecular formula is C20H32Br2S. The van der Waals surface area contributed by atoms with Crippen molar-refractivity contribution in [1.82, 2.24) is 0 Å². The first-order valence-corrected chi connectivity index (χ1v) is 11.1. The maximum Gasteiger partial charge on any atom is 0.0610 e. The molecule has 1 aromatic carbocycles. The molecule has 0 N–H and O–H groups in total. The van der Waals surface area contributed by atoms with E-state index in [1.54, 1.807) is 0 Å². The molecule has 1 aromatic rings. The number of halogens is 2. The topological polar surface area (TPSA) is 0 Å². The highest BCUT2D eigenvalue weighted by Crippen LogP contribution is 2.17. The summed E-state index contributed by atoms with van der Waals surface area (Å²) in [6, 6.07) is 10.1. The zero-order chi connectivity index (χ0) is 17.2. The van der Waals surface area contributed by atoms with Crippen LogP contribution in [0.1, 0.15) is 76.7 Å². The maximum atomic E-state index is 4.20. The average Bonchev–Trinajstić information content (AvgIpc) is 2.54. The Morgan fingerprint density at radius 3 is 1.74 bits per heavy atom. The van der Waals surface area contributed by atoms with Crippen molar-refractivity contribution in [2.45, 2.75) is 71.1 Å². The summed E-state index contributed by atoms with van der Waals surface area (Å²) < 4.78 is 0.964. The molecule has 0 bridgehead atoms. The second-order valence-electron chi connectivity index (χ2n) is 5.75. The van der Waals surface area contributed by atoms with E-state index in [1.807, 2.05) is 36.4 Å². The van der Waals surface area contributed by atoms with Crippen molar-refractivity contribution in [2.75, 3.05) is 5.75 Å². The summed E-state index contributed by atoms with van der Waals surface area (Å²) in [4.78, 5) is 0. The van der Waals surface area contributed by atoms with Gasteiger partial charge in [-0.2, -0.15) is 12.6 Å². The van der Waals surface area contributed by atoms with E-state index in [0.717, 1.165) is 9.14 Å². The molecule has 0 saturated carbocycles. The van der Waals surface area contributed by atoms with Gasteiger partial charge in [0.2, 0.25) is 0 Å². The van der Waals surface area contributed by atoms with Crippen molar-refractivity contribution in [3.63, 3.8) is 0 Å². The van der Waals surface area contributed by atoms with Crippen LogP contribution in [0.3, 0.4) is 0 Å². The minimum absolute atomic E-state index is 0.964. The molecule has 3 heteroatoms. The molecule has 0 saturated heterocycles. The quantitative estimate of drug-likeness (QED) is 0.246. The Morgan fingerprint density at radius 1 is 0.826 bits per heavy atom. The lowest BCUT2D eigenvalue weighted by atomic mass is 10.1. The fourth-order valence-corrected chi connectivity index (χ4v) is 3.03. The van der Waals surface area contributed by atoms with Gasteiger partial charge in [0.15, 0.2) is 0 Å². The van der Waals surface area contributed by atoms with Gasteiger partial charge in [-0.25, -0.2) is 0 Å². The third-order valence-corrected chi connectivity index (χ3v) is 4.36. The fourth-order valence-electron chi connectivity index (χ4n) is 2.27. The van der Waals surface area contributed by atoms with Gasteiger partial charge < -0.3 is 0 Å². The van der Waals surface area contributed by atoms with Crippen LogP contribution in [-0.4, -0.2) is 5.75 Å². The lowest BCUT2D eigenvalue weighted by Gasteiger charge is -2.00. The Balaban J connectivity index is 0.000000433. The van der Waals surface area contributed by atoms with Gasteiger partial charge in [0.05, 0.1) is 3.39 Å². The molecule has 0 radical (unpaired) electrons. The van der Waals surface area contributed by atoms with Gasteiger partial charge in [0.25, 0.3) is 0 Å². The predicted octanol–water partition coefficient (Wildman–Crippen LogP) is 8.61. The zero-order valence-corrected chi connectivity index (χ0v) is 18.5. The van der Waals surface area contributed by atoms with Crippen LogP contribution in [-0.2, 0) is 0 Å². The molecule has 0 atom stereocenters. The first-order chi connectivity index (χ1) is 11.2. The second-order valence-corrected chi connectivity index (χ2v) is 8.97. The van der Waals surface area contributed by atoms with E-state index in [-0.39, 0.29) is 0 Å². The Kier molecular flexibility index (Phi) is 18.8. The molecule has 0 nitrogen and oxygen atoms in total. The highest BCUT2D eigenvalue weighted by Gasteiger charge is 1.91. The standard InChI is InChI=1S/C12H26S.C8H6Br2/c1-2-3-4-5-6-7-8-9-10-11-12-13;9-8(10)6-7-4-2-1-3-5-7/h13H,2-12H2,1H3;1-6H. The SMILES string of the molecule is BrC(Br)=Cc1ccccc1.CCCCCCCCCCCCS. The summed E-state index contributed by atoms with van der Waals surface area (Å²) in [5.41, 5.74) is 1.19. The molecule has 0 aromatic heterocycles. The minimum atomic E-state index is 0.964. The molecule has 0 amide bonds. The molecule has 0 aliphatic rings. The van der Waals surface area contributed by atoms with E-state index in [0.29, 0.717) is 0 Å². The van der Waals surface area contributed by atoms with Crippen molar-refractivity contribution in [2.24, 2.45) is 0 Å². The Labute approximate surface area is 166 Å². The Bertz CT molecular complexity index is 362. The van der Waals surface area contributed by atoms with E-state index < -0.39 is 0 Å². The molecular weight excluding hydrogens is 432 g/mol. The molecule has 0 aliphatic carbocycles. The van der Waals surface area contributed by atoms with Crippen LogP contribution in [0, 0.1) is 0 Å². The monoisotopic (exact) mass is 462 g/mol. The van der Waals surface area contributed by atoms with Crippen LogP contribution < -0.4 is 0 Å². The average molecular weight is 464 g/mol. The van der Waals surface area contributed by atoms with Crippen LogP contribution in [0.5, 0.6) is 0 Å². The first kappa shape index (κ1) is 23.3. The van der Waals surface area contributed by atoms with Gasteiger partial charge in [0.1, 0.15) is 0 Å². The number of benzene rings is 1. The highest BCUT2D eigenvalue weighted by molar-refractivity contribution is 9.28. The van der Waals surface area contributed by atoms with Gasteiger partial charge in [-0.1, -0.05) is 95.0 Å². The summed E-state index contributed by atoms with van der Waals surface area (Å²) in [5.74, 6) is 1.07. The van der Waals surface area contributed by atoms with Crippen LogP contribution >= 0.6 is 44.5 Å². The lowest BCUT2D eigenvalue weighted by molar-refractivity contribution is 0.563. The van der Waals surface area contributed by atoms with E-state index in [4.69, 9.17) is 0 Å². The number of unbranched alkanes of at least 4 members (excludes halogenated alkanes) is 9. The maximum absolute atomic E-state index is 4.20. The third kappa shape index (κ3) is 18.4. The number of thiol groups is 1. The molecule has 0 heterocycles. The Hall–Kier alpha value is 0.270. The van der Waals surface area contributed by atoms with E-state index >= 15 is 0 Å². The van der Waals surface area contributed by atoms with Gasteiger partial charge in [-0.15, -0.1) is 0 Å². The Morgan fingerprint density at radius 2 is 1.30 bits per heavy atom. The van der Waals surface area contributed by atoms with Gasteiger partial charge in [0, 0.05) is 0 Å². The largest absolute Gasteiger partial charge is 0.179 e. The van der Waals surface area contributed by atoms with E-state index in [2.05, 4.69) is 51.4 Å². The summed E-state index contributed by atoms with van der Waals surface area (Å²) in [5, 5.41) is 0. The summed E-state index contributed by atoms with van der Waals surface area (Å²) in [6.45, 7) is 2.28. The number of hydrogen-bond donors (Lipinski definition) is 1.